The summed E-state index contributed by atoms with van der Waals surface area (Å²) in [5, 5.41) is 6.20. The molecule has 1 aliphatic carbocycles. The van der Waals surface area contributed by atoms with Crippen molar-refractivity contribution in [3.63, 3.8) is 0 Å². The molecule has 16 heavy (non-hydrogen) atoms. The summed E-state index contributed by atoms with van der Waals surface area (Å²) in [4.78, 5) is 11.6. The van der Waals surface area contributed by atoms with Crippen LogP contribution in [0.15, 0.2) is 0 Å². The Labute approximate surface area is 98.1 Å². The third-order valence-electron chi connectivity index (χ3n) is 2.58. The van der Waals surface area contributed by atoms with Gasteiger partial charge >= 0.3 is 0 Å². The average Bonchev–Trinajstić information content (AvgIpc) is 2.92. The second kappa shape index (κ2) is 5.64. The Bertz CT molecular complexity index is 232. The van der Waals surface area contributed by atoms with E-state index < -0.39 is 0 Å². The highest BCUT2D eigenvalue weighted by atomic mass is 16.5. The minimum absolute atomic E-state index is 0.0502. The fourth-order valence-corrected chi connectivity index (χ4v) is 1.73. The van der Waals surface area contributed by atoms with Crippen molar-refractivity contribution in [1.29, 1.82) is 0 Å². The number of hydrogen-bond acceptors (Lipinski definition) is 3. The maximum Gasteiger partial charge on any atom is 0.234 e. The fourth-order valence-electron chi connectivity index (χ4n) is 1.73. The van der Waals surface area contributed by atoms with E-state index in [1.165, 1.54) is 12.8 Å². The van der Waals surface area contributed by atoms with Crippen LogP contribution in [0, 0.1) is 5.92 Å². The third kappa shape index (κ3) is 5.47. The van der Waals surface area contributed by atoms with Gasteiger partial charge < -0.3 is 15.4 Å². The maximum atomic E-state index is 11.6. The van der Waals surface area contributed by atoms with Gasteiger partial charge in [-0.2, -0.15) is 0 Å². The quantitative estimate of drug-likeness (QED) is 0.710. The van der Waals surface area contributed by atoms with Crippen LogP contribution in [-0.4, -0.2) is 37.7 Å². The Morgan fingerprint density at radius 1 is 1.44 bits per heavy atom. The second-order valence-corrected chi connectivity index (χ2v) is 5.58. The lowest BCUT2D eigenvalue weighted by atomic mass is 10.1. The summed E-state index contributed by atoms with van der Waals surface area (Å²) in [6.45, 7) is 7.02. The molecule has 1 rings (SSSR count). The van der Waals surface area contributed by atoms with Crippen molar-refractivity contribution in [1.82, 2.24) is 10.6 Å². The molecule has 4 nitrogen and oxygen atoms in total. The normalized spacial score (nSPS) is 18.2. The molecule has 0 aromatic heterocycles. The molecule has 0 radical (unpaired) electrons. The number of amides is 1. The molecule has 0 aromatic carbocycles. The van der Waals surface area contributed by atoms with Gasteiger partial charge in [-0.1, -0.05) is 0 Å². The molecule has 0 bridgehead atoms. The van der Waals surface area contributed by atoms with E-state index in [0.29, 0.717) is 25.1 Å². The minimum atomic E-state index is -0.158. The summed E-state index contributed by atoms with van der Waals surface area (Å²) in [6.07, 6.45) is 2.50. The van der Waals surface area contributed by atoms with Crippen LogP contribution >= 0.6 is 0 Å². The first-order chi connectivity index (χ1) is 7.42. The molecule has 1 fully saturated rings. The molecule has 1 atom stereocenters. The largest absolute Gasteiger partial charge is 0.383 e. The van der Waals surface area contributed by atoms with Gasteiger partial charge in [0.05, 0.1) is 13.2 Å². The topological polar surface area (TPSA) is 50.4 Å². The van der Waals surface area contributed by atoms with Gasteiger partial charge in [-0.05, 0) is 39.5 Å². The molecule has 1 unspecified atom stereocenters. The van der Waals surface area contributed by atoms with Crippen LogP contribution < -0.4 is 10.6 Å². The summed E-state index contributed by atoms with van der Waals surface area (Å²) < 4.78 is 5.14. The van der Waals surface area contributed by atoms with E-state index in [1.807, 2.05) is 20.8 Å². The summed E-state index contributed by atoms with van der Waals surface area (Å²) in [5.41, 5.74) is -0.158. The van der Waals surface area contributed by atoms with Crippen molar-refractivity contribution in [2.75, 3.05) is 20.3 Å². The smallest absolute Gasteiger partial charge is 0.234 e. The Balaban J connectivity index is 2.23. The molecule has 0 spiro atoms. The lowest BCUT2D eigenvalue weighted by Gasteiger charge is -2.22. The summed E-state index contributed by atoms with van der Waals surface area (Å²) >= 11 is 0. The van der Waals surface area contributed by atoms with Gasteiger partial charge in [0.1, 0.15) is 0 Å². The molecular formula is C12H24N2O2. The van der Waals surface area contributed by atoms with Crippen LogP contribution in [0.4, 0.5) is 0 Å². The number of carbonyl (C=O) groups is 1. The molecular weight excluding hydrogens is 204 g/mol. The predicted octanol–water partition coefficient (Wildman–Crippen LogP) is 0.916. The summed E-state index contributed by atoms with van der Waals surface area (Å²) in [7, 11) is 1.70. The summed E-state index contributed by atoms with van der Waals surface area (Å²) in [6, 6.07) is 0.329. The van der Waals surface area contributed by atoms with Crippen molar-refractivity contribution in [3.05, 3.63) is 0 Å². The first-order valence-electron chi connectivity index (χ1n) is 5.95. The lowest BCUT2D eigenvalue weighted by Crippen LogP contribution is -2.47. The maximum absolute atomic E-state index is 11.6. The number of carbonyl (C=O) groups excluding carboxylic acids is 1. The van der Waals surface area contributed by atoms with Crippen LogP contribution in [0.1, 0.15) is 33.6 Å². The van der Waals surface area contributed by atoms with Gasteiger partial charge in [0, 0.05) is 18.7 Å². The monoisotopic (exact) mass is 228 g/mol. The van der Waals surface area contributed by atoms with Crippen LogP contribution in [0.2, 0.25) is 0 Å². The zero-order chi connectivity index (χ0) is 12.2. The molecule has 0 saturated heterocycles. The van der Waals surface area contributed by atoms with Crippen molar-refractivity contribution in [3.8, 4) is 0 Å². The molecule has 0 heterocycles. The molecule has 2 N–H and O–H groups in total. The van der Waals surface area contributed by atoms with E-state index in [9.17, 15) is 4.79 Å². The van der Waals surface area contributed by atoms with E-state index in [2.05, 4.69) is 10.6 Å². The molecule has 1 aliphatic rings. The molecule has 0 aliphatic heterocycles. The van der Waals surface area contributed by atoms with Gasteiger partial charge in [0.2, 0.25) is 5.91 Å². The number of rotatable bonds is 6. The van der Waals surface area contributed by atoms with E-state index in [4.69, 9.17) is 4.74 Å². The third-order valence-corrected chi connectivity index (χ3v) is 2.58. The van der Waals surface area contributed by atoms with Crippen molar-refractivity contribution in [2.45, 2.75) is 45.2 Å². The highest BCUT2D eigenvalue weighted by Crippen LogP contribution is 2.32. The first kappa shape index (κ1) is 13.5. The Morgan fingerprint density at radius 3 is 2.50 bits per heavy atom. The zero-order valence-electron chi connectivity index (χ0n) is 10.8. The Kier molecular flexibility index (Phi) is 4.74. The molecule has 1 saturated carbocycles. The second-order valence-electron chi connectivity index (χ2n) is 5.58. The van der Waals surface area contributed by atoms with E-state index in [1.54, 1.807) is 7.11 Å². The fraction of sp³-hybridized carbons (Fsp3) is 0.917. The number of ether oxygens (including phenoxy) is 1. The summed E-state index contributed by atoms with van der Waals surface area (Å²) in [5.74, 6) is 0.747. The van der Waals surface area contributed by atoms with E-state index in [-0.39, 0.29) is 11.4 Å². The molecule has 94 valence electrons. The highest BCUT2D eigenvalue weighted by Gasteiger charge is 2.31. The van der Waals surface area contributed by atoms with Gasteiger partial charge in [0.15, 0.2) is 0 Å². The molecule has 1 amide bonds. The van der Waals surface area contributed by atoms with E-state index >= 15 is 0 Å². The van der Waals surface area contributed by atoms with E-state index in [0.717, 1.165) is 0 Å². The van der Waals surface area contributed by atoms with Gasteiger partial charge in [-0.15, -0.1) is 0 Å². The van der Waals surface area contributed by atoms with Crippen LogP contribution in [-0.2, 0) is 9.53 Å². The van der Waals surface area contributed by atoms with Gasteiger partial charge in [-0.25, -0.2) is 0 Å². The highest BCUT2D eigenvalue weighted by molar-refractivity contribution is 5.78. The SMILES string of the molecule is COCC(NCC(=O)NC(C)(C)C)C1CC1. The standard InChI is InChI=1S/C12H24N2O2/c1-12(2,3)14-11(15)7-13-10(8-16-4)9-5-6-9/h9-10,13H,5-8H2,1-4H3,(H,14,15). The van der Waals surface area contributed by atoms with Crippen molar-refractivity contribution < 1.29 is 9.53 Å². The van der Waals surface area contributed by atoms with Crippen molar-refractivity contribution >= 4 is 5.91 Å². The Morgan fingerprint density at radius 2 is 2.06 bits per heavy atom. The predicted molar refractivity (Wildman–Crippen MR) is 64.3 cm³/mol. The molecule has 0 aromatic rings. The van der Waals surface area contributed by atoms with Crippen LogP contribution in [0.3, 0.4) is 0 Å². The number of hydrogen-bond donors (Lipinski definition) is 2. The van der Waals surface area contributed by atoms with Crippen LogP contribution in [0.5, 0.6) is 0 Å². The average molecular weight is 228 g/mol. The zero-order valence-corrected chi connectivity index (χ0v) is 10.8. The Hall–Kier alpha value is -0.610. The van der Waals surface area contributed by atoms with Gasteiger partial charge in [-0.3, -0.25) is 4.79 Å². The number of methoxy groups -OCH3 is 1. The van der Waals surface area contributed by atoms with Gasteiger partial charge in [0.25, 0.3) is 0 Å². The lowest BCUT2D eigenvalue weighted by molar-refractivity contribution is -0.121. The molecule has 4 heteroatoms. The number of nitrogens with one attached hydrogen (secondary N) is 2. The first-order valence-corrected chi connectivity index (χ1v) is 5.95. The van der Waals surface area contributed by atoms with Crippen LogP contribution in [0.25, 0.3) is 0 Å². The van der Waals surface area contributed by atoms with Crippen molar-refractivity contribution in [2.24, 2.45) is 5.92 Å². The minimum Gasteiger partial charge on any atom is -0.383 e.